The molecule has 0 unspecified atom stereocenters. The highest BCUT2D eigenvalue weighted by Crippen LogP contribution is 2.20. The molecule has 0 bridgehead atoms. The van der Waals surface area contributed by atoms with Gasteiger partial charge in [-0.05, 0) is 27.2 Å². The van der Waals surface area contributed by atoms with Gasteiger partial charge in [0.05, 0.1) is 5.69 Å². The van der Waals surface area contributed by atoms with Crippen LogP contribution in [0.3, 0.4) is 0 Å². The Hall–Kier alpha value is -1.47. The van der Waals surface area contributed by atoms with Crippen LogP contribution in [-0.2, 0) is 13.0 Å². The summed E-state index contributed by atoms with van der Waals surface area (Å²) in [5.41, 5.74) is 2.50. The number of nitrogens with zero attached hydrogens (tertiary/aromatic N) is 6. The van der Waals surface area contributed by atoms with Gasteiger partial charge in [0.2, 0.25) is 5.13 Å². The third kappa shape index (κ3) is 3.95. The van der Waals surface area contributed by atoms with E-state index in [1.54, 1.807) is 0 Å². The number of aromatic nitrogens is 4. The van der Waals surface area contributed by atoms with Crippen molar-refractivity contribution in [1.82, 2.24) is 24.0 Å². The van der Waals surface area contributed by atoms with Crippen LogP contribution in [0.15, 0.2) is 6.20 Å². The van der Waals surface area contributed by atoms with Crippen LogP contribution in [-0.4, -0.2) is 50.2 Å². The fourth-order valence-electron chi connectivity index (χ4n) is 3.02. The Bertz CT molecular complexity index is 662. The maximum Gasteiger partial charge on any atom is 0.205 e. The molecule has 7 heteroatoms. The van der Waals surface area contributed by atoms with Crippen molar-refractivity contribution in [3.8, 4) is 0 Å². The molecule has 0 aromatic carbocycles. The molecule has 2 aromatic rings. The van der Waals surface area contributed by atoms with Crippen molar-refractivity contribution in [3.05, 3.63) is 23.3 Å². The average Bonchev–Trinajstić information content (AvgIpc) is 3.10. The first-order valence-electron chi connectivity index (χ1n) is 8.91. The number of rotatable bonds is 5. The fourth-order valence-corrected chi connectivity index (χ4v) is 3.82. The summed E-state index contributed by atoms with van der Waals surface area (Å²) in [6.07, 6.45) is 4.29. The minimum absolute atomic E-state index is 0.419. The molecule has 1 saturated heterocycles. The molecule has 0 saturated carbocycles. The molecule has 1 fully saturated rings. The first kappa shape index (κ1) is 17.4. The van der Waals surface area contributed by atoms with Gasteiger partial charge in [0.25, 0.3) is 0 Å². The number of hydrogen-bond donors (Lipinski definition) is 0. The summed E-state index contributed by atoms with van der Waals surface area (Å²) >= 11 is 1.54. The summed E-state index contributed by atoms with van der Waals surface area (Å²) in [6, 6.07) is 0.419. The molecule has 1 aliphatic rings. The Kier molecular flexibility index (Phi) is 5.50. The van der Waals surface area contributed by atoms with Gasteiger partial charge in [-0.25, -0.2) is 4.98 Å². The van der Waals surface area contributed by atoms with Crippen molar-refractivity contribution < 1.29 is 0 Å². The SMILES string of the molecule is CCc1nsc(N2CCCN(Cc3cn(C(C)C)nc3C)CC2)n1. The topological polar surface area (TPSA) is 50.1 Å². The second-order valence-corrected chi connectivity index (χ2v) is 7.51. The van der Waals surface area contributed by atoms with E-state index in [2.05, 4.69) is 62.8 Å². The first-order valence-corrected chi connectivity index (χ1v) is 9.68. The molecule has 0 spiro atoms. The summed E-state index contributed by atoms with van der Waals surface area (Å²) in [7, 11) is 0. The van der Waals surface area contributed by atoms with Gasteiger partial charge in [-0.15, -0.1) is 0 Å². The fraction of sp³-hybridized carbons (Fsp3) is 0.706. The lowest BCUT2D eigenvalue weighted by molar-refractivity contribution is 0.285. The molecule has 0 radical (unpaired) electrons. The second-order valence-electron chi connectivity index (χ2n) is 6.78. The third-order valence-electron chi connectivity index (χ3n) is 4.57. The maximum atomic E-state index is 4.64. The molecule has 132 valence electrons. The minimum Gasteiger partial charge on any atom is -0.346 e. The Morgan fingerprint density at radius 1 is 1.21 bits per heavy atom. The second kappa shape index (κ2) is 7.61. The van der Waals surface area contributed by atoms with E-state index >= 15 is 0 Å². The normalized spacial score (nSPS) is 16.8. The predicted molar refractivity (Wildman–Crippen MR) is 98.7 cm³/mol. The lowest BCUT2D eigenvalue weighted by atomic mass is 10.2. The molecule has 2 aromatic heterocycles. The Morgan fingerprint density at radius 2 is 2.04 bits per heavy atom. The number of aryl methyl sites for hydroxylation is 2. The van der Waals surface area contributed by atoms with E-state index < -0.39 is 0 Å². The molecule has 3 rings (SSSR count). The van der Waals surface area contributed by atoms with Gasteiger partial charge in [0.15, 0.2) is 0 Å². The van der Waals surface area contributed by atoms with Crippen molar-refractivity contribution in [2.45, 2.75) is 53.1 Å². The zero-order chi connectivity index (χ0) is 17.1. The van der Waals surface area contributed by atoms with Crippen LogP contribution >= 0.6 is 11.5 Å². The molecule has 24 heavy (non-hydrogen) atoms. The summed E-state index contributed by atoms with van der Waals surface area (Å²) in [6.45, 7) is 13.8. The largest absolute Gasteiger partial charge is 0.346 e. The van der Waals surface area contributed by atoms with E-state index in [-0.39, 0.29) is 0 Å². The van der Waals surface area contributed by atoms with E-state index in [4.69, 9.17) is 0 Å². The quantitative estimate of drug-likeness (QED) is 0.831. The summed E-state index contributed by atoms with van der Waals surface area (Å²) in [5, 5.41) is 5.72. The zero-order valence-corrected chi connectivity index (χ0v) is 16.0. The Balaban J connectivity index is 1.61. The highest BCUT2D eigenvalue weighted by molar-refractivity contribution is 7.09. The van der Waals surface area contributed by atoms with E-state index in [1.165, 1.54) is 23.5 Å². The molecule has 1 aliphatic heterocycles. The van der Waals surface area contributed by atoms with Crippen LogP contribution in [0.4, 0.5) is 5.13 Å². The summed E-state index contributed by atoms with van der Waals surface area (Å²) in [5.74, 6) is 0.966. The van der Waals surface area contributed by atoms with Crippen LogP contribution in [0.25, 0.3) is 0 Å². The Labute approximate surface area is 148 Å². The monoisotopic (exact) mass is 348 g/mol. The summed E-state index contributed by atoms with van der Waals surface area (Å²) < 4.78 is 6.49. The third-order valence-corrected chi connectivity index (χ3v) is 5.39. The average molecular weight is 349 g/mol. The van der Waals surface area contributed by atoms with E-state index in [1.807, 2.05) is 0 Å². The van der Waals surface area contributed by atoms with Gasteiger partial charge in [0, 0.05) is 68.5 Å². The van der Waals surface area contributed by atoms with Gasteiger partial charge in [-0.2, -0.15) is 9.47 Å². The van der Waals surface area contributed by atoms with Crippen molar-refractivity contribution in [2.24, 2.45) is 0 Å². The van der Waals surface area contributed by atoms with E-state index in [0.29, 0.717) is 6.04 Å². The lowest BCUT2D eigenvalue weighted by Crippen LogP contribution is -2.30. The summed E-state index contributed by atoms with van der Waals surface area (Å²) in [4.78, 5) is 9.57. The highest BCUT2D eigenvalue weighted by Gasteiger charge is 2.19. The molecule has 0 aliphatic carbocycles. The van der Waals surface area contributed by atoms with Crippen LogP contribution in [0, 0.1) is 6.92 Å². The van der Waals surface area contributed by atoms with Crippen molar-refractivity contribution >= 4 is 16.7 Å². The molecular formula is C17H28N6S. The van der Waals surface area contributed by atoms with Crippen LogP contribution in [0.5, 0.6) is 0 Å². The predicted octanol–water partition coefficient (Wildman–Crippen LogP) is 2.90. The van der Waals surface area contributed by atoms with Crippen LogP contribution < -0.4 is 4.90 Å². The van der Waals surface area contributed by atoms with Crippen LogP contribution in [0.1, 0.15) is 50.3 Å². The molecule has 3 heterocycles. The van der Waals surface area contributed by atoms with E-state index in [0.717, 1.165) is 55.8 Å². The van der Waals surface area contributed by atoms with E-state index in [9.17, 15) is 0 Å². The zero-order valence-electron chi connectivity index (χ0n) is 15.2. The molecule has 0 atom stereocenters. The van der Waals surface area contributed by atoms with Crippen molar-refractivity contribution in [2.75, 3.05) is 31.1 Å². The van der Waals surface area contributed by atoms with Gasteiger partial charge in [-0.3, -0.25) is 9.58 Å². The molecule has 0 amide bonds. The highest BCUT2D eigenvalue weighted by atomic mass is 32.1. The standard InChI is InChI=1S/C17H28N6S/c1-5-16-18-17(24-20-16)22-8-6-7-21(9-10-22)11-15-12-23(13(2)3)19-14(15)4/h12-13H,5-11H2,1-4H3. The lowest BCUT2D eigenvalue weighted by Gasteiger charge is -2.21. The van der Waals surface area contributed by atoms with Gasteiger partial charge in [0.1, 0.15) is 5.82 Å². The maximum absolute atomic E-state index is 4.64. The molecule has 0 N–H and O–H groups in total. The van der Waals surface area contributed by atoms with Gasteiger partial charge in [-0.1, -0.05) is 6.92 Å². The number of hydrogen-bond acceptors (Lipinski definition) is 6. The van der Waals surface area contributed by atoms with Crippen molar-refractivity contribution in [1.29, 1.82) is 0 Å². The van der Waals surface area contributed by atoms with Crippen LogP contribution in [0.2, 0.25) is 0 Å². The minimum atomic E-state index is 0.419. The molecular weight excluding hydrogens is 320 g/mol. The number of anilines is 1. The van der Waals surface area contributed by atoms with Gasteiger partial charge < -0.3 is 4.90 Å². The smallest absolute Gasteiger partial charge is 0.205 e. The molecule has 6 nitrogen and oxygen atoms in total. The van der Waals surface area contributed by atoms with Crippen molar-refractivity contribution in [3.63, 3.8) is 0 Å². The first-order chi connectivity index (χ1) is 11.6. The van der Waals surface area contributed by atoms with Gasteiger partial charge >= 0.3 is 0 Å². The Morgan fingerprint density at radius 3 is 2.71 bits per heavy atom.